The van der Waals surface area contributed by atoms with Gasteiger partial charge in [-0.05, 0) is 36.8 Å². The van der Waals surface area contributed by atoms with Crippen molar-refractivity contribution in [3.8, 4) is 6.07 Å². The van der Waals surface area contributed by atoms with Crippen LogP contribution >= 0.6 is 0 Å². The summed E-state index contributed by atoms with van der Waals surface area (Å²) in [5.74, 6) is -1.11. The van der Waals surface area contributed by atoms with Crippen LogP contribution in [0.4, 0.5) is 10.1 Å². The van der Waals surface area contributed by atoms with Crippen LogP contribution in [-0.2, 0) is 0 Å². The molecule has 0 aliphatic rings. The molecular formula is C15H11FN2O. The Morgan fingerprint density at radius 1 is 1.26 bits per heavy atom. The molecule has 0 saturated carbocycles. The summed E-state index contributed by atoms with van der Waals surface area (Å²) in [5, 5.41) is 11.4. The lowest BCUT2D eigenvalue weighted by Crippen LogP contribution is -2.14. The minimum Gasteiger partial charge on any atom is -0.322 e. The lowest BCUT2D eigenvalue weighted by molar-refractivity contribution is 0.102. The molecule has 94 valence electrons. The van der Waals surface area contributed by atoms with E-state index >= 15 is 0 Å². The zero-order chi connectivity index (χ0) is 13.8. The first-order chi connectivity index (χ1) is 9.11. The van der Waals surface area contributed by atoms with Crippen molar-refractivity contribution in [1.29, 1.82) is 5.26 Å². The van der Waals surface area contributed by atoms with E-state index in [1.165, 1.54) is 18.2 Å². The molecule has 2 rings (SSSR count). The summed E-state index contributed by atoms with van der Waals surface area (Å²) in [4.78, 5) is 12.0. The maximum atomic E-state index is 13.5. The molecule has 2 aromatic carbocycles. The third-order valence-corrected chi connectivity index (χ3v) is 2.73. The van der Waals surface area contributed by atoms with Crippen molar-refractivity contribution < 1.29 is 9.18 Å². The second kappa shape index (κ2) is 5.32. The third-order valence-electron chi connectivity index (χ3n) is 2.73. The van der Waals surface area contributed by atoms with Gasteiger partial charge in [0.25, 0.3) is 5.91 Å². The third kappa shape index (κ3) is 2.78. The van der Waals surface area contributed by atoms with Gasteiger partial charge in [-0.25, -0.2) is 4.39 Å². The van der Waals surface area contributed by atoms with E-state index in [1.807, 2.05) is 6.07 Å². The van der Waals surface area contributed by atoms with Crippen molar-refractivity contribution in [3.05, 3.63) is 65.0 Å². The van der Waals surface area contributed by atoms with Gasteiger partial charge in [0.05, 0.1) is 17.2 Å². The van der Waals surface area contributed by atoms with E-state index in [1.54, 1.807) is 31.2 Å². The van der Waals surface area contributed by atoms with Crippen LogP contribution in [0.2, 0.25) is 0 Å². The largest absolute Gasteiger partial charge is 0.322 e. The van der Waals surface area contributed by atoms with Crippen molar-refractivity contribution in [1.82, 2.24) is 0 Å². The maximum absolute atomic E-state index is 13.5. The zero-order valence-electron chi connectivity index (χ0n) is 10.3. The molecule has 1 amide bonds. The van der Waals surface area contributed by atoms with Crippen LogP contribution in [0.15, 0.2) is 42.5 Å². The summed E-state index contributed by atoms with van der Waals surface area (Å²) in [5.41, 5.74) is 1.73. The molecule has 3 nitrogen and oxygen atoms in total. The number of carbonyl (C=O) groups is 1. The number of carbonyl (C=O) groups excluding carboxylic acids is 1. The van der Waals surface area contributed by atoms with Gasteiger partial charge in [-0.2, -0.15) is 5.26 Å². The molecule has 0 aliphatic heterocycles. The van der Waals surface area contributed by atoms with Gasteiger partial charge in [0.2, 0.25) is 0 Å². The summed E-state index contributed by atoms with van der Waals surface area (Å²) in [6.07, 6.45) is 0. The lowest BCUT2D eigenvalue weighted by atomic mass is 10.1. The zero-order valence-corrected chi connectivity index (χ0v) is 10.3. The van der Waals surface area contributed by atoms with Gasteiger partial charge in [-0.3, -0.25) is 4.79 Å². The van der Waals surface area contributed by atoms with Crippen LogP contribution in [0.1, 0.15) is 21.5 Å². The van der Waals surface area contributed by atoms with E-state index in [0.717, 1.165) is 5.56 Å². The molecule has 19 heavy (non-hydrogen) atoms. The topological polar surface area (TPSA) is 52.9 Å². The lowest BCUT2D eigenvalue weighted by Gasteiger charge is -2.09. The highest BCUT2D eigenvalue weighted by Crippen LogP contribution is 2.18. The quantitative estimate of drug-likeness (QED) is 0.894. The highest BCUT2D eigenvalue weighted by Gasteiger charge is 2.12. The number of aryl methyl sites for hydroxylation is 1. The first kappa shape index (κ1) is 12.8. The molecule has 0 aliphatic carbocycles. The number of nitrogens with one attached hydrogen (secondary N) is 1. The molecule has 0 bridgehead atoms. The summed E-state index contributed by atoms with van der Waals surface area (Å²) < 4.78 is 13.5. The Balaban J connectivity index is 2.30. The standard InChI is InChI=1S/C15H11FN2O/c1-10-6-7-11(9-17)8-14(10)18-15(19)12-4-2-3-5-13(12)16/h2-8H,1H3,(H,18,19). The van der Waals surface area contributed by atoms with E-state index in [0.29, 0.717) is 11.3 Å². The van der Waals surface area contributed by atoms with Crippen LogP contribution in [-0.4, -0.2) is 5.91 Å². The number of nitriles is 1. The van der Waals surface area contributed by atoms with Crippen molar-refractivity contribution in [3.63, 3.8) is 0 Å². The Morgan fingerprint density at radius 2 is 2.00 bits per heavy atom. The molecule has 0 atom stereocenters. The highest BCUT2D eigenvalue weighted by atomic mass is 19.1. The smallest absolute Gasteiger partial charge is 0.258 e. The minimum atomic E-state index is -0.575. The van der Waals surface area contributed by atoms with Crippen LogP contribution < -0.4 is 5.32 Å². The number of amides is 1. The molecule has 2 aromatic rings. The Labute approximate surface area is 110 Å². The van der Waals surface area contributed by atoms with Crippen molar-refractivity contribution in [2.45, 2.75) is 6.92 Å². The van der Waals surface area contributed by atoms with Crippen molar-refractivity contribution in [2.75, 3.05) is 5.32 Å². The molecule has 0 unspecified atom stereocenters. The minimum absolute atomic E-state index is 0.0238. The molecule has 0 fully saturated rings. The normalized spacial score (nSPS) is 9.74. The van der Waals surface area contributed by atoms with Gasteiger partial charge in [0, 0.05) is 5.69 Å². The van der Waals surface area contributed by atoms with E-state index in [-0.39, 0.29) is 5.56 Å². The molecule has 0 saturated heterocycles. The average molecular weight is 254 g/mol. The molecule has 4 heteroatoms. The first-order valence-electron chi connectivity index (χ1n) is 5.68. The fourth-order valence-corrected chi connectivity index (χ4v) is 1.66. The molecule has 0 spiro atoms. The molecule has 0 heterocycles. The van der Waals surface area contributed by atoms with Gasteiger partial charge in [0.15, 0.2) is 0 Å². The number of halogens is 1. The van der Waals surface area contributed by atoms with Crippen LogP contribution in [0.5, 0.6) is 0 Å². The van der Waals surface area contributed by atoms with Gasteiger partial charge < -0.3 is 5.32 Å². The van der Waals surface area contributed by atoms with Gasteiger partial charge in [-0.15, -0.1) is 0 Å². The number of rotatable bonds is 2. The fourth-order valence-electron chi connectivity index (χ4n) is 1.66. The Bertz CT molecular complexity index is 674. The summed E-state index contributed by atoms with van der Waals surface area (Å²) >= 11 is 0. The van der Waals surface area contributed by atoms with E-state index in [4.69, 9.17) is 5.26 Å². The number of hydrogen-bond donors (Lipinski definition) is 1. The summed E-state index contributed by atoms with van der Waals surface area (Å²) in [6.45, 7) is 1.80. The second-order valence-electron chi connectivity index (χ2n) is 4.08. The van der Waals surface area contributed by atoms with E-state index in [9.17, 15) is 9.18 Å². The maximum Gasteiger partial charge on any atom is 0.258 e. The predicted molar refractivity (Wildman–Crippen MR) is 70.2 cm³/mol. The van der Waals surface area contributed by atoms with Crippen LogP contribution in [0.3, 0.4) is 0 Å². The summed E-state index contributed by atoms with van der Waals surface area (Å²) in [7, 11) is 0. The monoisotopic (exact) mass is 254 g/mol. The predicted octanol–water partition coefficient (Wildman–Crippen LogP) is 3.26. The second-order valence-corrected chi connectivity index (χ2v) is 4.08. The van der Waals surface area contributed by atoms with Crippen molar-refractivity contribution in [2.24, 2.45) is 0 Å². The molecule has 0 aromatic heterocycles. The number of nitrogens with zero attached hydrogens (tertiary/aromatic N) is 1. The van der Waals surface area contributed by atoms with Crippen molar-refractivity contribution >= 4 is 11.6 Å². The van der Waals surface area contributed by atoms with Gasteiger partial charge >= 0.3 is 0 Å². The molecule has 0 radical (unpaired) electrons. The van der Waals surface area contributed by atoms with Gasteiger partial charge in [0.1, 0.15) is 5.82 Å². The number of hydrogen-bond acceptors (Lipinski definition) is 2. The van der Waals surface area contributed by atoms with E-state index in [2.05, 4.69) is 5.32 Å². The number of anilines is 1. The average Bonchev–Trinajstić information content (AvgIpc) is 2.41. The molecule has 1 N–H and O–H groups in total. The van der Waals surface area contributed by atoms with Gasteiger partial charge in [-0.1, -0.05) is 18.2 Å². The Hall–Kier alpha value is -2.67. The molecular weight excluding hydrogens is 243 g/mol. The SMILES string of the molecule is Cc1ccc(C#N)cc1NC(=O)c1ccccc1F. The van der Waals surface area contributed by atoms with Crippen LogP contribution in [0, 0.1) is 24.1 Å². The number of benzene rings is 2. The van der Waals surface area contributed by atoms with Crippen LogP contribution in [0.25, 0.3) is 0 Å². The highest BCUT2D eigenvalue weighted by molar-refractivity contribution is 6.04. The Kier molecular flexibility index (Phi) is 3.58. The Morgan fingerprint density at radius 3 is 2.68 bits per heavy atom. The fraction of sp³-hybridized carbons (Fsp3) is 0.0667. The summed E-state index contributed by atoms with van der Waals surface area (Å²) in [6, 6.07) is 12.7. The first-order valence-corrected chi connectivity index (χ1v) is 5.68. The van der Waals surface area contributed by atoms with E-state index < -0.39 is 11.7 Å².